The van der Waals surface area contributed by atoms with Crippen LogP contribution in [0.15, 0.2) is 0 Å². The van der Waals surface area contributed by atoms with E-state index in [2.05, 4.69) is 4.90 Å². The molecule has 0 amide bonds. The summed E-state index contributed by atoms with van der Waals surface area (Å²) in [4.78, 5) is 13.2. The number of nitrogens with zero attached hydrogens (tertiary/aromatic N) is 1. The van der Waals surface area contributed by atoms with Crippen molar-refractivity contribution in [3.8, 4) is 0 Å². The van der Waals surface area contributed by atoms with Gasteiger partial charge in [-0.05, 0) is 38.6 Å². The van der Waals surface area contributed by atoms with Crippen LogP contribution < -0.4 is 0 Å². The highest BCUT2D eigenvalue weighted by molar-refractivity contribution is 5.77. The number of Topliss-reactive ketones (excluding diaryl/α,β-unsaturated/α-hetero) is 1. The van der Waals surface area contributed by atoms with Gasteiger partial charge in [-0.1, -0.05) is 0 Å². The Kier molecular flexibility index (Phi) is 1.72. The van der Waals surface area contributed by atoms with Crippen LogP contribution in [-0.2, 0) is 4.79 Å². The second kappa shape index (κ2) is 2.59. The number of carbonyl (C=O) groups excluding carboxylic acids is 1. The van der Waals surface area contributed by atoms with Crippen molar-refractivity contribution in [2.24, 2.45) is 5.92 Å². The van der Waals surface area contributed by atoms with Gasteiger partial charge < -0.3 is 0 Å². The van der Waals surface area contributed by atoms with Crippen LogP contribution in [0.4, 0.5) is 0 Å². The number of carbonyl (C=O) groups is 1. The molecular weight excluding hydrogens is 138 g/mol. The van der Waals surface area contributed by atoms with Crippen molar-refractivity contribution < 1.29 is 4.79 Å². The Bertz CT molecular complexity index is 178. The second-order valence-corrected chi connectivity index (χ2v) is 3.87. The normalized spacial score (nSPS) is 36.5. The molecule has 2 fully saturated rings. The predicted octanol–water partition coefficient (Wildman–Crippen LogP) is 1.06. The van der Waals surface area contributed by atoms with E-state index in [0.29, 0.717) is 12.3 Å². The van der Waals surface area contributed by atoms with E-state index in [1.807, 2.05) is 0 Å². The Morgan fingerprint density at radius 3 is 2.73 bits per heavy atom. The maximum Gasteiger partial charge on any atom is 0.143 e. The van der Waals surface area contributed by atoms with Gasteiger partial charge >= 0.3 is 0 Å². The quantitative estimate of drug-likeness (QED) is 0.591. The van der Waals surface area contributed by atoms with E-state index in [1.54, 1.807) is 6.92 Å². The van der Waals surface area contributed by atoms with Crippen molar-refractivity contribution in [1.82, 2.24) is 4.90 Å². The molecular formula is C9H15NO. The third-order valence-corrected chi connectivity index (χ3v) is 3.06. The number of rotatable bonds is 2. The van der Waals surface area contributed by atoms with Gasteiger partial charge in [0.2, 0.25) is 0 Å². The van der Waals surface area contributed by atoms with Crippen LogP contribution in [0.2, 0.25) is 0 Å². The Morgan fingerprint density at radius 2 is 2.27 bits per heavy atom. The van der Waals surface area contributed by atoms with Crippen molar-refractivity contribution in [3.05, 3.63) is 0 Å². The van der Waals surface area contributed by atoms with Gasteiger partial charge in [0.05, 0.1) is 6.54 Å². The molecule has 2 aliphatic rings. The Morgan fingerprint density at radius 1 is 1.45 bits per heavy atom. The third kappa shape index (κ3) is 1.20. The summed E-state index contributed by atoms with van der Waals surface area (Å²) in [5, 5.41) is 0. The molecule has 11 heavy (non-hydrogen) atoms. The highest BCUT2D eigenvalue weighted by atomic mass is 16.1. The highest BCUT2D eigenvalue weighted by Gasteiger charge is 2.40. The minimum Gasteiger partial charge on any atom is -0.299 e. The van der Waals surface area contributed by atoms with Crippen molar-refractivity contribution in [1.29, 1.82) is 0 Å². The fourth-order valence-electron chi connectivity index (χ4n) is 2.35. The molecule has 0 bridgehead atoms. The van der Waals surface area contributed by atoms with E-state index in [4.69, 9.17) is 0 Å². The van der Waals surface area contributed by atoms with Crippen LogP contribution in [-0.4, -0.2) is 29.8 Å². The topological polar surface area (TPSA) is 20.3 Å². The molecule has 0 radical (unpaired) electrons. The summed E-state index contributed by atoms with van der Waals surface area (Å²) in [5.74, 6) is 1.26. The summed E-state index contributed by atoms with van der Waals surface area (Å²) >= 11 is 0. The summed E-state index contributed by atoms with van der Waals surface area (Å²) in [7, 11) is 0. The molecule has 2 unspecified atom stereocenters. The monoisotopic (exact) mass is 153 g/mol. The number of ketones is 1. The third-order valence-electron chi connectivity index (χ3n) is 3.06. The van der Waals surface area contributed by atoms with Gasteiger partial charge in [-0.2, -0.15) is 0 Å². The zero-order valence-corrected chi connectivity index (χ0v) is 7.05. The molecule has 2 heteroatoms. The van der Waals surface area contributed by atoms with Crippen LogP contribution in [0, 0.1) is 5.92 Å². The first-order chi connectivity index (χ1) is 5.27. The van der Waals surface area contributed by atoms with Gasteiger partial charge in [0.15, 0.2) is 0 Å². The Balaban J connectivity index is 1.90. The molecule has 2 rings (SSSR count). The van der Waals surface area contributed by atoms with E-state index in [-0.39, 0.29) is 0 Å². The standard InChI is InChI=1S/C9H15NO/c1-7(11)6-10-5-4-8-2-3-9(8)10/h8-9H,2-6H2,1H3. The van der Waals surface area contributed by atoms with Gasteiger partial charge in [0.25, 0.3) is 0 Å². The highest BCUT2D eigenvalue weighted by Crippen LogP contribution is 2.39. The summed E-state index contributed by atoms with van der Waals surface area (Å²) in [6, 6.07) is 0.777. The van der Waals surface area contributed by atoms with Gasteiger partial charge in [-0.3, -0.25) is 9.69 Å². The number of fused-ring (bicyclic) bond motifs is 1. The SMILES string of the molecule is CC(=O)CN1CCC2CCC21. The van der Waals surface area contributed by atoms with Crippen LogP contribution in [0.25, 0.3) is 0 Å². The Labute approximate surface area is 67.6 Å². The molecule has 0 aromatic carbocycles. The lowest BCUT2D eigenvalue weighted by atomic mass is 9.80. The minimum absolute atomic E-state index is 0.317. The summed E-state index contributed by atoms with van der Waals surface area (Å²) < 4.78 is 0. The van der Waals surface area contributed by atoms with Gasteiger partial charge in [0.1, 0.15) is 5.78 Å². The van der Waals surface area contributed by atoms with E-state index >= 15 is 0 Å². The van der Waals surface area contributed by atoms with Gasteiger partial charge in [0, 0.05) is 6.04 Å². The van der Waals surface area contributed by atoms with Crippen molar-refractivity contribution in [3.63, 3.8) is 0 Å². The molecule has 1 saturated heterocycles. The molecule has 1 heterocycles. The maximum absolute atomic E-state index is 10.8. The first-order valence-corrected chi connectivity index (χ1v) is 4.51. The summed E-state index contributed by atoms with van der Waals surface area (Å²) in [5.41, 5.74) is 0. The van der Waals surface area contributed by atoms with Crippen LogP contribution >= 0.6 is 0 Å². The number of likely N-dealkylation sites (tertiary alicyclic amines) is 1. The minimum atomic E-state index is 0.317. The zero-order chi connectivity index (χ0) is 7.84. The molecule has 2 nitrogen and oxygen atoms in total. The predicted molar refractivity (Wildman–Crippen MR) is 43.4 cm³/mol. The summed E-state index contributed by atoms with van der Waals surface area (Å²) in [6.45, 7) is 3.54. The molecule has 0 N–H and O–H groups in total. The smallest absolute Gasteiger partial charge is 0.143 e. The molecule has 0 aromatic heterocycles. The lowest BCUT2D eigenvalue weighted by Gasteiger charge is -2.35. The van der Waals surface area contributed by atoms with Crippen LogP contribution in [0.3, 0.4) is 0 Å². The molecule has 62 valence electrons. The van der Waals surface area contributed by atoms with Crippen LogP contribution in [0.1, 0.15) is 26.2 Å². The molecule has 1 aliphatic carbocycles. The van der Waals surface area contributed by atoms with Crippen molar-refractivity contribution in [2.75, 3.05) is 13.1 Å². The average Bonchev–Trinajstić information content (AvgIpc) is 2.05. The van der Waals surface area contributed by atoms with Crippen molar-refractivity contribution in [2.45, 2.75) is 32.2 Å². The largest absolute Gasteiger partial charge is 0.299 e. The maximum atomic E-state index is 10.8. The molecule has 1 saturated carbocycles. The number of hydrogen-bond donors (Lipinski definition) is 0. The molecule has 0 aromatic rings. The van der Waals surface area contributed by atoms with E-state index in [0.717, 1.165) is 18.5 Å². The van der Waals surface area contributed by atoms with Gasteiger partial charge in [-0.15, -0.1) is 0 Å². The molecule has 2 atom stereocenters. The Hall–Kier alpha value is -0.370. The molecule has 0 spiro atoms. The van der Waals surface area contributed by atoms with Crippen molar-refractivity contribution >= 4 is 5.78 Å². The number of hydrogen-bond acceptors (Lipinski definition) is 2. The second-order valence-electron chi connectivity index (χ2n) is 3.87. The van der Waals surface area contributed by atoms with E-state index in [9.17, 15) is 4.79 Å². The van der Waals surface area contributed by atoms with Gasteiger partial charge in [-0.25, -0.2) is 0 Å². The fraction of sp³-hybridized carbons (Fsp3) is 0.889. The lowest BCUT2D eigenvalue weighted by Crippen LogP contribution is -2.41. The molecule has 1 aliphatic heterocycles. The average molecular weight is 153 g/mol. The fourth-order valence-corrected chi connectivity index (χ4v) is 2.35. The van der Waals surface area contributed by atoms with E-state index < -0.39 is 0 Å². The first kappa shape index (κ1) is 7.29. The van der Waals surface area contributed by atoms with E-state index in [1.165, 1.54) is 19.3 Å². The first-order valence-electron chi connectivity index (χ1n) is 4.51. The van der Waals surface area contributed by atoms with Crippen LogP contribution in [0.5, 0.6) is 0 Å². The summed E-state index contributed by atoms with van der Waals surface area (Å²) in [6.07, 6.45) is 4.06. The lowest BCUT2D eigenvalue weighted by molar-refractivity contribution is -0.118. The zero-order valence-electron chi connectivity index (χ0n) is 7.05.